The summed E-state index contributed by atoms with van der Waals surface area (Å²) in [6, 6.07) is 0. The van der Waals surface area contributed by atoms with E-state index in [4.69, 9.17) is 11.6 Å². The third kappa shape index (κ3) is 2.00. The van der Waals surface area contributed by atoms with Gasteiger partial charge in [0.15, 0.2) is 10.9 Å². The molecule has 0 saturated carbocycles. The molecule has 0 amide bonds. The summed E-state index contributed by atoms with van der Waals surface area (Å²) in [5.41, 5.74) is 0. The molecule has 2 rings (SSSR count). The van der Waals surface area contributed by atoms with Crippen molar-refractivity contribution in [1.82, 2.24) is 4.98 Å². The average molecular weight is 217 g/mol. The molecule has 0 aliphatic carbocycles. The highest BCUT2D eigenvalue weighted by Crippen LogP contribution is 2.24. The van der Waals surface area contributed by atoms with Crippen LogP contribution < -0.4 is 4.90 Å². The fraction of sp³-hybridized carbons (Fsp3) is 0.500. The predicted molar refractivity (Wildman–Crippen MR) is 53.6 cm³/mol. The van der Waals surface area contributed by atoms with Crippen LogP contribution in [0.2, 0.25) is 5.15 Å². The number of thiazole rings is 1. The van der Waals surface area contributed by atoms with Gasteiger partial charge in [-0.1, -0.05) is 11.6 Å². The van der Waals surface area contributed by atoms with E-state index in [1.807, 2.05) is 4.90 Å². The third-order valence-electron chi connectivity index (χ3n) is 1.99. The van der Waals surface area contributed by atoms with Crippen LogP contribution in [0.4, 0.5) is 5.13 Å². The van der Waals surface area contributed by atoms with Crippen molar-refractivity contribution >= 4 is 33.9 Å². The summed E-state index contributed by atoms with van der Waals surface area (Å²) in [5, 5.41) is 3.16. The quantitative estimate of drug-likeness (QED) is 0.720. The zero-order valence-electron chi connectivity index (χ0n) is 6.99. The second kappa shape index (κ2) is 3.64. The molecule has 0 radical (unpaired) electrons. The smallest absolute Gasteiger partial charge is 0.187 e. The van der Waals surface area contributed by atoms with E-state index in [2.05, 4.69) is 4.98 Å². The Hall–Kier alpha value is -0.610. The first-order chi connectivity index (χ1) is 6.25. The van der Waals surface area contributed by atoms with Crippen molar-refractivity contribution in [3.8, 4) is 0 Å². The monoisotopic (exact) mass is 216 g/mol. The summed E-state index contributed by atoms with van der Waals surface area (Å²) < 4.78 is 0. The largest absolute Gasteiger partial charge is 0.341 e. The second-order valence-corrected chi connectivity index (χ2v) is 4.24. The van der Waals surface area contributed by atoms with E-state index in [0.717, 1.165) is 18.1 Å². The number of anilines is 1. The zero-order valence-corrected chi connectivity index (χ0v) is 8.57. The van der Waals surface area contributed by atoms with Crippen LogP contribution in [0.25, 0.3) is 0 Å². The van der Waals surface area contributed by atoms with Crippen LogP contribution >= 0.6 is 22.9 Å². The summed E-state index contributed by atoms with van der Waals surface area (Å²) in [4.78, 5) is 17.3. The standard InChI is InChI=1S/C8H9ClN2OS/c9-7-5-13-8(10-7)11-3-1-2-6(12)4-11/h5H,1-4H2. The van der Waals surface area contributed by atoms with E-state index in [-0.39, 0.29) is 5.78 Å². The SMILES string of the molecule is O=C1CCCN(c2nc(Cl)cs2)C1. The Morgan fingerprint density at radius 2 is 2.46 bits per heavy atom. The molecule has 0 spiro atoms. The molecule has 1 aromatic heterocycles. The average Bonchev–Trinajstić information content (AvgIpc) is 2.52. The Labute approximate surface area is 85.3 Å². The Bertz CT molecular complexity index is 326. The highest BCUT2D eigenvalue weighted by atomic mass is 35.5. The molecule has 3 nitrogen and oxygen atoms in total. The minimum absolute atomic E-state index is 0.289. The minimum Gasteiger partial charge on any atom is -0.341 e. The lowest BCUT2D eigenvalue weighted by Gasteiger charge is -2.24. The van der Waals surface area contributed by atoms with Gasteiger partial charge in [0, 0.05) is 18.3 Å². The number of hydrogen-bond acceptors (Lipinski definition) is 4. The Morgan fingerprint density at radius 3 is 3.08 bits per heavy atom. The summed E-state index contributed by atoms with van der Waals surface area (Å²) in [7, 11) is 0. The van der Waals surface area contributed by atoms with Gasteiger partial charge in [-0.05, 0) is 6.42 Å². The molecule has 0 atom stereocenters. The molecule has 13 heavy (non-hydrogen) atoms. The van der Waals surface area contributed by atoms with Crippen molar-refractivity contribution in [3.63, 3.8) is 0 Å². The molecular formula is C8H9ClN2OS. The molecule has 0 aromatic carbocycles. The van der Waals surface area contributed by atoms with Gasteiger partial charge in [-0.2, -0.15) is 0 Å². The zero-order chi connectivity index (χ0) is 9.26. The maximum Gasteiger partial charge on any atom is 0.187 e. The number of aromatic nitrogens is 1. The summed E-state index contributed by atoms with van der Waals surface area (Å²) in [6.07, 6.45) is 1.63. The molecule has 1 saturated heterocycles. The maximum atomic E-state index is 11.2. The van der Waals surface area contributed by atoms with Crippen LogP contribution in [-0.2, 0) is 4.79 Å². The van der Waals surface area contributed by atoms with Gasteiger partial charge in [0.1, 0.15) is 5.15 Å². The lowest BCUT2D eigenvalue weighted by Crippen LogP contribution is -2.35. The highest BCUT2D eigenvalue weighted by Gasteiger charge is 2.18. The number of piperidine rings is 1. The fourth-order valence-corrected chi connectivity index (χ4v) is 2.37. The topological polar surface area (TPSA) is 33.2 Å². The van der Waals surface area contributed by atoms with E-state index in [0.29, 0.717) is 18.1 Å². The van der Waals surface area contributed by atoms with Gasteiger partial charge < -0.3 is 4.90 Å². The van der Waals surface area contributed by atoms with E-state index in [1.165, 1.54) is 11.3 Å². The van der Waals surface area contributed by atoms with Crippen LogP contribution in [0.3, 0.4) is 0 Å². The first-order valence-corrected chi connectivity index (χ1v) is 5.39. The van der Waals surface area contributed by atoms with Crippen molar-refractivity contribution in [2.45, 2.75) is 12.8 Å². The van der Waals surface area contributed by atoms with Gasteiger partial charge >= 0.3 is 0 Å². The lowest BCUT2D eigenvalue weighted by molar-refractivity contribution is -0.118. The molecule has 1 aromatic rings. The van der Waals surface area contributed by atoms with Gasteiger partial charge in [0.25, 0.3) is 0 Å². The Kier molecular flexibility index (Phi) is 2.51. The number of halogens is 1. The van der Waals surface area contributed by atoms with E-state index >= 15 is 0 Å². The van der Waals surface area contributed by atoms with Gasteiger partial charge in [-0.3, -0.25) is 4.79 Å². The van der Waals surface area contributed by atoms with Crippen LogP contribution in [-0.4, -0.2) is 23.9 Å². The number of carbonyl (C=O) groups is 1. The van der Waals surface area contributed by atoms with Gasteiger partial charge in [-0.25, -0.2) is 4.98 Å². The summed E-state index contributed by atoms with van der Waals surface area (Å²) in [6.45, 7) is 1.40. The van der Waals surface area contributed by atoms with Gasteiger partial charge in [0.2, 0.25) is 0 Å². The van der Waals surface area contributed by atoms with Crippen molar-refractivity contribution in [2.75, 3.05) is 18.0 Å². The Morgan fingerprint density at radius 1 is 1.62 bits per heavy atom. The molecule has 1 fully saturated rings. The van der Waals surface area contributed by atoms with Crippen molar-refractivity contribution in [2.24, 2.45) is 0 Å². The first kappa shape index (κ1) is 8.97. The minimum atomic E-state index is 0.289. The van der Waals surface area contributed by atoms with Crippen LogP contribution in [0.1, 0.15) is 12.8 Å². The van der Waals surface area contributed by atoms with Crippen LogP contribution in [0, 0.1) is 0 Å². The lowest BCUT2D eigenvalue weighted by atomic mass is 10.1. The maximum absolute atomic E-state index is 11.2. The summed E-state index contributed by atoms with van der Waals surface area (Å²) >= 11 is 7.19. The Balaban J connectivity index is 2.12. The molecule has 2 heterocycles. The number of hydrogen-bond donors (Lipinski definition) is 0. The molecule has 5 heteroatoms. The van der Waals surface area contributed by atoms with Crippen molar-refractivity contribution in [1.29, 1.82) is 0 Å². The van der Waals surface area contributed by atoms with Gasteiger partial charge in [0.05, 0.1) is 6.54 Å². The molecule has 0 unspecified atom stereocenters. The van der Waals surface area contributed by atoms with Crippen molar-refractivity contribution < 1.29 is 4.79 Å². The first-order valence-electron chi connectivity index (χ1n) is 4.13. The molecular weight excluding hydrogens is 208 g/mol. The normalized spacial score (nSPS) is 17.9. The van der Waals surface area contributed by atoms with E-state index in [9.17, 15) is 4.79 Å². The predicted octanol–water partition coefficient (Wildman–Crippen LogP) is 1.97. The highest BCUT2D eigenvalue weighted by molar-refractivity contribution is 7.14. The van der Waals surface area contributed by atoms with Crippen molar-refractivity contribution in [3.05, 3.63) is 10.5 Å². The number of rotatable bonds is 1. The number of ketones is 1. The number of carbonyl (C=O) groups excluding carboxylic acids is 1. The van der Waals surface area contributed by atoms with Crippen LogP contribution in [0.5, 0.6) is 0 Å². The van der Waals surface area contributed by atoms with E-state index < -0.39 is 0 Å². The number of nitrogens with zero attached hydrogens (tertiary/aromatic N) is 2. The fourth-order valence-electron chi connectivity index (χ4n) is 1.39. The number of Topliss-reactive ketones (excluding diaryl/α,β-unsaturated/α-hetero) is 1. The third-order valence-corrected chi connectivity index (χ3v) is 3.21. The molecule has 0 N–H and O–H groups in total. The van der Waals surface area contributed by atoms with E-state index in [1.54, 1.807) is 5.38 Å². The molecule has 0 bridgehead atoms. The molecule has 70 valence electrons. The molecule has 1 aliphatic heterocycles. The molecule has 1 aliphatic rings. The summed E-state index contributed by atoms with van der Waals surface area (Å²) in [5.74, 6) is 0.289. The second-order valence-electron chi connectivity index (χ2n) is 3.02. The van der Waals surface area contributed by atoms with Crippen LogP contribution in [0.15, 0.2) is 5.38 Å². The van der Waals surface area contributed by atoms with Gasteiger partial charge in [-0.15, -0.1) is 11.3 Å².